The molecule has 0 radical (unpaired) electrons. The van der Waals surface area contributed by atoms with Crippen molar-refractivity contribution in [3.63, 3.8) is 0 Å². The number of anilines is 2. The third kappa shape index (κ3) is 4.53. The Hall–Kier alpha value is -2.39. The van der Waals surface area contributed by atoms with E-state index < -0.39 is 15.9 Å². The topological polar surface area (TPSA) is 101 Å². The maximum Gasteiger partial charge on any atom is 0.264 e. The molecule has 0 aliphatic rings. The van der Waals surface area contributed by atoms with Crippen LogP contribution >= 0.6 is 34.8 Å². The molecule has 7 nitrogen and oxygen atoms in total. The first kappa shape index (κ1) is 20.3. The number of aromatic nitrogens is 2. The third-order valence-corrected chi connectivity index (χ3v) is 5.95. The number of carbonyl (C=O) groups is 1. The molecule has 0 unspecified atom stereocenters. The van der Waals surface area contributed by atoms with Gasteiger partial charge in [-0.3, -0.25) is 4.79 Å². The van der Waals surface area contributed by atoms with Gasteiger partial charge in [-0.25, -0.2) is 23.1 Å². The normalized spacial score (nSPS) is 11.1. The van der Waals surface area contributed by atoms with E-state index in [0.29, 0.717) is 5.69 Å². The molecule has 0 aliphatic carbocycles. The summed E-state index contributed by atoms with van der Waals surface area (Å²) in [5.74, 6) is -0.631. The summed E-state index contributed by atoms with van der Waals surface area (Å²) in [6.45, 7) is 0. The van der Waals surface area contributed by atoms with Crippen molar-refractivity contribution in [2.75, 3.05) is 10.0 Å². The molecule has 1 aromatic heterocycles. The van der Waals surface area contributed by atoms with Crippen LogP contribution in [0.25, 0.3) is 0 Å². The Morgan fingerprint density at radius 2 is 1.50 bits per heavy atom. The first-order valence-electron chi connectivity index (χ1n) is 7.62. The highest BCUT2D eigenvalue weighted by atomic mass is 35.5. The number of carbonyl (C=O) groups excluding carboxylic acids is 1. The van der Waals surface area contributed by atoms with Gasteiger partial charge >= 0.3 is 0 Å². The lowest BCUT2D eigenvalue weighted by atomic mass is 10.2. The maximum atomic E-state index is 12.4. The Bertz CT molecular complexity index is 1120. The molecule has 2 aromatic carbocycles. The highest BCUT2D eigenvalue weighted by Gasteiger charge is 2.19. The average molecular weight is 458 g/mol. The van der Waals surface area contributed by atoms with E-state index in [-0.39, 0.29) is 31.5 Å². The van der Waals surface area contributed by atoms with Crippen molar-refractivity contribution >= 4 is 62.4 Å². The van der Waals surface area contributed by atoms with E-state index in [2.05, 4.69) is 20.0 Å². The van der Waals surface area contributed by atoms with Crippen molar-refractivity contribution in [1.29, 1.82) is 0 Å². The fraction of sp³-hybridized carbons (Fsp3) is 0. The number of amides is 1. The van der Waals surface area contributed by atoms with E-state index in [4.69, 9.17) is 34.8 Å². The predicted molar refractivity (Wildman–Crippen MR) is 109 cm³/mol. The monoisotopic (exact) mass is 456 g/mol. The molecule has 3 aromatic rings. The summed E-state index contributed by atoms with van der Waals surface area (Å²) < 4.78 is 27.0. The van der Waals surface area contributed by atoms with Crippen LogP contribution < -0.4 is 10.0 Å². The number of hydrogen-bond acceptors (Lipinski definition) is 5. The van der Waals surface area contributed by atoms with Crippen LogP contribution in [0.4, 0.5) is 11.6 Å². The number of halogens is 3. The van der Waals surface area contributed by atoms with E-state index >= 15 is 0 Å². The third-order valence-electron chi connectivity index (χ3n) is 3.48. The quantitative estimate of drug-likeness (QED) is 0.550. The molecule has 0 atom stereocenters. The fourth-order valence-corrected chi connectivity index (χ4v) is 3.83. The number of sulfonamides is 1. The van der Waals surface area contributed by atoms with Gasteiger partial charge in [0.05, 0.1) is 25.5 Å². The molecule has 2 N–H and O–H groups in total. The largest absolute Gasteiger partial charge is 0.322 e. The van der Waals surface area contributed by atoms with Gasteiger partial charge in [0.15, 0.2) is 0 Å². The maximum absolute atomic E-state index is 12.4. The molecule has 3 rings (SSSR count). The van der Waals surface area contributed by atoms with Crippen molar-refractivity contribution in [3.8, 4) is 0 Å². The van der Waals surface area contributed by atoms with Crippen molar-refractivity contribution in [2.45, 2.75) is 4.90 Å². The van der Waals surface area contributed by atoms with E-state index in [1.54, 1.807) is 6.07 Å². The zero-order valence-electron chi connectivity index (χ0n) is 13.9. The van der Waals surface area contributed by atoms with Gasteiger partial charge in [0.2, 0.25) is 5.95 Å². The Morgan fingerprint density at radius 1 is 0.893 bits per heavy atom. The first-order valence-corrected chi connectivity index (χ1v) is 10.2. The van der Waals surface area contributed by atoms with Crippen molar-refractivity contribution in [3.05, 3.63) is 75.5 Å². The SMILES string of the molecule is O=C(Nc1ccc(S(=O)(=O)Nc2ncccn2)cc1)c1c(Cl)ccc(Cl)c1Cl. The van der Waals surface area contributed by atoms with E-state index in [0.717, 1.165) is 0 Å². The van der Waals surface area contributed by atoms with E-state index in [1.165, 1.54) is 48.8 Å². The molecule has 0 saturated heterocycles. The Kier molecular flexibility index (Phi) is 6.04. The summed E-state index contributed by atoms with van der Waals surface area (Å²) in [5, 5.41) is 2.94. The number of benzene rings is 2. The standard InChI is InChI=1S/C17H11Cl3N4O3S/c18-12-6-7-13(19)15(20)14(12)16(25)23-10-2-4-11(5-3-10)28(26,27)24-17-21-8-1-9-22-17/h1-9H,(H,23,25)(H,21,22,24). The summed E-state index contributed by atoms with van der Waals surface area (Å²) in [6, 6.07) is 9.98. The van der Waals surface area contributed by atoms with Crippen LogP contribution in [-0.2, 0) is 10.0 Å². The van der Waals surface area contributed by atoms with Crippen LogP contribution in [0.15, 0.2) is 59.8 Å². The summed E-state index contributed by atoms with van der Waals surface area (Å²) in [4.78, 5) is 20.0. The number of rotatable bonds is 5. The lowest BCUT2D eigenvalue weighted by Gasteiger charge is -2.10. The second-order valence-corrected chi connectivity index (χ2v) is 8.25. The molecular weight excluding hydrogens is 447 g/mol. The minimum absolute atomic E-state index is 0.0235. The van der Waals surface area contributed by atoms with Gasteiger partial charge < -0.3 is 5.32 Å². The molecule has 144 valence electrons. The molecule has 0 fully saturated rings. The Morgan fingerprint density at radius 3 is 2.14 bits per heavy atom. The number of nitrogens with one attached hydrogen (secondary N) is 2. The zero-order chi connectivity index (χ0) is 20.3. The Labute approximate surface area is 175 Å². The predicted octanol–water partition coefficient (Wildman–Crippen LogP) is 4.49. The van der Waals surface area contributed by atoms with Crippen LogP contribution in [0, 0.1) is 0 Å². The molecule has 0 bridgehead atoms. The van der Waals surface area contributed by atoms with Crippen molar-refractivity contribution in [1.82, 2.24) is 9.97 Å². The van der Waals surface area contributed by atoms with Crippen LogP contribution in [0.5, 0.6) is 0 Å². The zero-order valence-corrected chi connectivity index (χ0v) is 16.9. The Balaban J connectivity index is 1.78. The lowest BCUT2D eigenvalue weighted by Crippen LogP contribution is -2.16. The van der Waals surface area contributed by atoms with Gasteiger partial charge in [-0.1, -0.05) is 34.8 Å². The molecule has 1 amide bonds. The molecule has 0 aliphatic heterocycles. The number of nitrogens with zero attached hydrogens (tertiary/aromatic N) is 2. The molecule has 11 heteroatoms. The van der Waals surface area contributed by atoms with Gasteiger partial charge in [-0.05, 0) is 42.5 Å². The van der Waals surface area contributed by atoms with Crippen molar-refractivity contribution in [2.24, 2.45) is 0 Å². The van der Waals surface area contributed by atoms with Crippen LogP contribution in [0.3, 0.4) is 0 Å². The van der Waals surface area contributed by atoms with Crippen LogP contribution in [-0.4, -0.2) is 24.3 Å². The van der Waals surface area contributed by atoms with E-state index in [9.17, 15) is 13.2 Å². The van der Waals surface area contributed by atoms with Crippen LogP contribution in [0.1, 0.15) is 10.4 Å². The molecule has 1 heterocycles. The smallest absolute Gasteiger partial charge is 0.264 e. The minimum Gasteiger partial charge on any atom is -0.322 e. The lowest BCUT2D eigenvalue weighted by molar-refractivity contribution is 0.102. The first-order chi connectivity index (χ1) is 13.3. The molecule has 0 spiro atoms. The summed E-state index contributed by atoms with van der Waals surface area (Å²) in [5.41, 5.74) is 0.363. The average Bonchev–Trinajstić information content (AvgIpc) is 2.66. The van der Waals surface area contributed by atoms with Gasteiger partial charge in [0.25, 0.3) is 15.9 Å². The van der Waals surface area contributed by atoms with E-state index in [1.807, 2.05) is 0 Å². The van der Waals surface area contributed by atoms with Gasteiger partial charge in [0.1, 0.15) is 0 Å². The van der Waals surface area contributed by atoms with Gasteiger partial charge in [0, 0.05) is 18.1 Å². The minimum atomic E-state index is -3.88. The highest BCUT2D eigenvalue weighted by Crippen LogP contribution is 2.32. The summed E-state index contributed by atoms with van der Waals surface area (Å²) in [6.07, 6.45) is 2.82. The second kappa shape index (κ2) is 8.32. The highest BCUT2D eigenvalue weighted by molar-refractivity contribution is 7.92. The number of hydrogen-bond donors (Lipinski definition) is 2. The second-order valence-electron chi connectivity index (χ2n) is 5.37. The molecule has 28 heavy (non-hydrogen) atoms. The fourth-order valence-electron chi connectivity index (χ4n) is 2.18. The van der Waals surface area contributed by atoms with Gasteiger partial charge in [-0.15, -0.1) is 0 Å². The summed E-state index contributed by atoms with van der Waals surface area (Å²) in [7, 11) is -3.88. The summed E-state index contributed by atoms with van der Waals surface area (Å²) >= 11 is 18.0. The van der Waals surface area contributed by atoms with Crippen LogP contribution in [0.2, 0.25) is 15.1 Å². The molecular formula is C17H11Cl3N4O3S. The van der Waals surface area contributed by atoms with Crippen molar-refractivity contribution < 1.29 is 13.2 Å². The van der Waals surface area contributed by atoms with Gasteiger partial charge in [-0.2, -0.15) is 0 Å². The molecule has 0 saturated carbocycles.